The first-order valence-corrected chi connectivity index (χ1v) is 5.39. The highest BCUT2D eigenvalue weighted by Gasteiger charge is 2.14. The zero-order valence-electron chi connectivity index (χ0n) is 10.1. The third-order valence-electron chi connectivity index (χ3n) is 2.46. The molecule has 0 fully saturated rings. The summed E-state index contributed by atoms with van der Waals surface area (Å²) in [5, 5.41) is 4.35. The number of carbonyl (C=O) groups excluding carboxylic acids is 1. The Balaban J connectivity index is 2.87. The van der Waals surface area contributed by atoms with Crippen LogP contribution in [0.3, 0.4) is 0 Å². The van der Waals surface area contributed by atoms with Crippen molar-refractivity contribution in [1.82, 2.24) is 9.78 Å². The first-order valence-electron chi connectivity index (χ1n) is 5.39. The molecule has 0 aliphatic heterocycles. The number of allylic oxidation sites excluding steroid dienone is 1. The molecule has 0 saturated heterocycles. The summed E-state index contributed by atoms with van der Waals surface area (Å²) >= 11 is 0. The molecular weight excluding hydrogens is 204 g/mol. The van der Waals surface area contributed by atoms with Gasteiger partial charge in [0.15, 0.2) is 0 Å². The minimum absolute atomic E-state index is 0.202. The van der Waals surface area contributed by atoms with Crippen LogP contribution in [-0.4, -0.2) is 22.4 Å². The maximum Gasteiger partial charge on any atom is 0.310 e. The van der Waals surface area contributed by atoms with Gasteiger partial charge in [0.05, 0.1) is 25.3 Å². The van der Waals surface area contributed by atoms with Crippen molar-refractivity contribution in [3.63, 3.8) is 0 Å². The highest BCUT2D eigenvalue weighted by molar-refractivity contribution is 5.73. The van der Waals surface area contributed by atoms with Gasteiger partial charge in [0, 0.05) is 11.3 Å². The molecule has 0 unspecified atom stereocenters. The number of ether oxygens (including phenoxy) is 1. The molecule has 0 saturated carbocycles. The Hall–Kier alpha value is -1.58. The van der Waals surface area contributed by atoms with Gasteiger partial charge in [-0.05, 0) is 20.8 Å². The number of hydrogen-bond donors (Lipinski definition) is 0. The standard InChI is InChI=1S/C12H18N2O2/c1-5-7-14-10(4)11(9(3)13-14)8-12(15)16-6-2/h5H,1,6-8H2,2-4H3. The molecule has 88 valence electrons. The van der Waals surface area contributed by atoms with E-state index in [0.717, 1.165) is 17.0 Å². The molecule has 0 atom stereocenters. The van der Waals surface area contributed by atoms with Crippen molar-refractivity contribution in [3.05, 3.63) is 29.6 Å². The van der Waals surface area contributed by atoms with Crippen LogP contribution in [0.2, 0.25) is 0 Å². The molecule has 4 nitrogen and oxygen atoms in total. The van der Waals surface area contributed by atoms with Crippen LogP contribution in [0.15, 0.2) is 12.7 Å². The van der Waals surface area contributed by atoms with E-state index in [1.807, 2.05) is 18.5 Å². The van der Waals surface area contributed by atoms with Crippen LogP contribution in [0.5, 0.6) is 0 Å². The molecule has 0 N–H and O–H groups in total. The molecule has 0 radical (unpaired) electrons. The molecule has 4 heteroatoms. The molecule has 1 aromatic rings. The number of aromatic nitrogens is 2. The summed E-state index contributed by atoms with van der Waals surface area (Å²) in [6.07, 6.45) is 2.08. The summed E-state index contributed by atoms with van der Waals surface area (Å²) in [7, 11) is 0. The van der Waals surface area contributed by atoms with E-state index in [1.165, 1.54) is 0 Å². The van der Waals surface area contributed by atoms with Gasteiger partial charge in [0.2, 0.25) is 0 Å². The summed E-state index contributed by atoms with van der Waals surface area (Å²) in [5.74, 6) is -0.202. The predicted molar refractivity (Wildman–Crippen MR) is 62.2 cm³/mol. The highest BCUT2D eigenvalue weighted by Crippen LogP contribution is 2.14. The number of carbonyl (C=O) groups is 1. The highest BCUT2D eigenvalue weighted by atomic mass is 16.5. The molecule has 0 spiro atoms. The van der Waals surface area contributed by atoms with Gasteiger partial charge in [-0.3, -0.25) is 9.48 Å². The van der Waals surface area contributed by atoms with E-state index >= 15 is 0 Å². The minimum Gasteiger partial charge on any atom is -0.466 e. The third-order valence-corrected chi connectivity index (χ3v) is 2.46. The van der Waals surface area contributed by atoms with Crippen LogP contribution in [0.4, 0.5) is 0 Å². The van der Waals surface area contributed by atoms with E-state index in [-0.39, 0.29) is 5.97 Å². The van der Waals surface area contributed by atoms with E-state index < -0.39 is 0 Å². The van der Waals surface area contributed by atoms with E-state index in [1.54, 1.807) is 13.0 Å². The summed E-state index contributed by atoms with van der Waals surface area (Å²) < 4.78 is 6.77. The van der Waals surface area contributed by atoms with Crippen molar-refractivity contribution < 1.29 is 9.53 Å². The molecule has 0 aliphatic rings. The van der Waals surface area contributed by atoms with Gasteiger partial charge < -0.3 is 4.74 Å². The molecule has 1 rings (SSSR count). The minimum atomic E-state index is -0.202. The predicted octanol–water partition coefficient (Wildman–Crippen LogP) is 1.79. The Bertz CT molecular complexity index is 394. The first-order chi connectivity index (χ1) is 7.60. The summed E-state index contributed by atoms with van der Waals surface area (Å²) in [5.41, 5.74) is 2.85. The van der Waals surface area contributed by atoms with Crippen molar-refractivity contribution in [2.75, 3.05) is 6.61 Å². The van der Waals surface area contributed by atoms with Crippen molar-refractivity contribution in [1.29, 1.82) is 0 Å². The maximum absolute atomic E-state index is 11.4. The van der Waals surface area contributed by atoms with E-state index in [0.29, 0.717) is 19.6 Å². The van der Waals surface area contributed by atoms with Crippen LogP contribution in [0, 0.1) is 13.8 Å². The average Bonchev–Trinajstić information content (AvgIpc) is 2.47. The lowest BCUT2D eigenvalue weighted by Gasteiger charge is -2.03. The third kappa shape index (κ3) is 2.72. The van der Waals surface area contributed by atoms with Gasteiger partial charge in [-0.2, -0.15) is 5.10 Å². The number of aryl methyl sites for hydroxylation is 1. The molecule has 0 bridgehead atoms. The zero-order chi connectivity index (χ0) is 12.1. The Labute approximate surface area is 95.9 Å². The van der Waals surface area contributed by atoms with Crippen molar-refractivity contribution in [3.8, 4) is 0 Å². The van der Waals surface area contributed by atoms with E-state index in [9.17, 15) is 4.79 Å². The molecule has 0 aromatic carbocycles. The second-order valence-corrected chi connectivity index (χ2v) is 3.60. The van der Waals surface area contributed by atoms with Gasteiger partial charge in [0.25, 0.3) is 0 Å². The van der Waals surface area contributed by atoms with Gasteiger partial charge >= 0.3 is 5.97 Å². The largest absolute Gasteiger partial charge is 0.466 e. The van der Waals surface area contributed by atoms with Gasteiger partial charge in [-0.1, -0.05) is 6.08 Å². The normalized spacial score (nSPS) is 10.2. The SMILES string of the molecule is C=CCn1nc(C)c(CC(=O)OCC)c1C. The smallest absolute Gasteiger partial charge is 0.310 e. The number of nitrogens with zero attached hydrogens (tertiary/aromatic N) is 2. The van der Waals surface area contributed by atoms with Crippen LogP contribution >= 0.6 is 0 Å². The Morgan fingerprint density at radius 3 is 2.81 bits per heavy atom. The van der Waals surface area contributed by atoms with Crippen LogP contribution in [0.1, 0.15) is 23.9 Å². The van der Waals surface area contributed by atoms with Crippen molar-refractivity contribution in [2.45, 2.75) is 33.7 Å². The van der Waals surface area contributed by atoms with Crippen LogP contribution in [0.25, 0.3) is 0 Å². The Morgan fingerprint density at radius 2 is 2.25 bits per heavy atom. The lowest BCUT2D eigenvalue weighted by Crippen LogP contribution is -2.09. The van der Waals surface area contributed by atoms with E-state index in [4.69, 9.17) is 4.74 Å². The fourth-order valence-corrected chi connectivity index (χ4v) is 1.65. The lowest BCUT2D eigenvalue weighted by atomic mass is 10.1. The first kappa shape index (κ1) is 12.5. The zero-order valence-corrected chi connectivity index (χ0v) is 10.1. The summed E-state index contributed by atoms with van der Waals surface area (Å²) in [4.78, 5) is 11.4. The molecule has 1 aromatic heterocycles. The maximum atomic E-state index is 11.4. The van der Waals surface area contributed by atoms with Gasteiger partial charge in [-0.25, -0.2) is 0 Å². The summed E-state index contributed by atoms with van der Waals surface area (Å²) in [6, 6.07) is 0. The van der Waals surface area contributed by atoms with Crippen molar-refractivity contribution in [2.24, 2.45) is 0 Å². The fourth-order valence-electron chi connectivity index (χ4n) is 1.65. The second-order valence-electron chi connectivity index (χ2n) is 3.60. The quantitative estimate of drug-likeness (QED) is 0.563. The van der Waals surface area contributed by atoms with Crippen LogP contribution in [-0.2, 0) is 22.5 Å². The average molecular weight is 222 g/mol. The van der Waals surface area contributed by atoms with E-state index in [2.05, 4.69) is 11.7 Å². The number of rotatable bonds is 5. The summed E-state index contributed by atoms with van der Waals surface area (Å²) in [6.45, 7) is 10.4. The fraction of sp³-hybridized carbons (Fsp3) is 0.500. The van der Waals surface area contributed by atoms with Gasteiger partial charge in [-0.15, -0.1) is 6.58 Å². The lowest BCUT2D eigenvalue weighted by molar-refractivity contribution is -0.142. The molecule has 0 amide bonds. The second kappa shape index (κ2) is 5.49. The van der Waals surface area contributed by atoms with Crippen molar-refractivity contribution >= 4 is 5.97 Å². The number of hydrogen-bond acceptors (Lipinski definition) is 3. The molecular formula is C12H18N2O2. The molecule has 1 heterocycles. The topological polar surface area (TPSA) is 44.1 Å². The van der Waals surface area contributed by atoms with Crippen LogP contribution < -0.4 is 0 Å². The monoisotopic (exact) mass is 222 g/mol. The number of esters is 1. The molecule has 16 heavy (non-hydrogen) atoms. The molecule has 0 aliphatic carbocycles. The Kier molecular flexibility index (Phi) is 4.28. The Morgan fingerprint density at radius 1 is 1.56 bits per heavy atom. The van der Waals surface area contributed by atoms with Gasteiger partial charge in [0.1, 0.15) is 0 Å².